The number of hydrogen-bond acceptors (Lipinski definition) is 1. The lowest BCUT2D eigenvalue weighted by atomic mass is 10.1. The molecule has 0 N–H and O–H groups in total. The minimum Gasteiger partial charge on any atom is -0.365 e. The van der Waals surface area contributed by atoms with Crippen molar-refractivity contribution in [1.29, 1.82) is 0 Å². The Morgan fingerprint density at radius 2 is 2.00 bits per heavy atom. The lowest BCUT2D eigenvalue weighted by Gasteiger charge is -2.07. The molecule has 1 aliphatic rings. The molecule has 1 atom stereocenters. The van der Waals surface area contributed by atoms with Crippen molar-refractivity contribution in [3.8, 4) is 0 Å². The van der Waals surface area contributed by atoms with Gasteiger partial charge in [0.25, 0.3) is 0 Å². The molecule has 1 aliphatic heterocycles. The lowest BCUT2D eigenvalue weighted by molar-refractivity contribution is 0.129. The summed E-state index contributed by atoms with van der Waals surface area (Å²) in [4.78, 5) is 0. The van der Waals surface area contributed by atoms with Gasteiger partial charge in [0.05, 0.1) is 6.61 Å². The largest absolute Gasteiger partial charge is 0.365 e. The zero-order valence-electron chi connectivity index (χ0n) is 6.53. The molecule has 12 heavy (non-hydrogen) atoms. The van der Waals surface area contributed by atoms with Gasteiger partial charge < -0.3 is 4.74 Å². The molecule has 1 aromatic carbocycles. The molecular weight excluding hydrogens is 216 g/mol. The molecule has 0 amide bonds. The van der Waals surface area contributed by atoms with Crippen LogP contribution in [0.3, 0.4) is 0 Å². The molecule has 0 saturated carbocycles. The molecule has 1 heterocycles. The molecule has 0 spiro atoms. The summed E-state index contributed by atoms with van der Waals surface area (Å²) in [5.74, 6) is 0. The van der Waals surface area contributed by atoms with Crippen molar-refractivity contribution in [1.82, 2.24) is 0 Å². The molecule has 2 rings (SSSR count). The highest BCUT2D eigenvalue weighted by Crippen LogP contribution is 2.24. The Labute approximate surface area is 80.2 Å². The van der Waals surface area contributed by atoms with E-state index in [0.29, 0.717) is 0 Å². The lowest BCUT2D eigenvalue weighted by Crippen LogP contribution is -1.94. The Kier molecular flexibility index (Phi) is 2.28. The standard InChI is InChI=1S/C10H9BrO/c11-9-5-3-8(4-6-9)10-2-1-7-12-10/h1-6,10H,7H2. The highest BCUT2D eigenvalue weighted by atomic mass is 79.9. The second-order valence-electron chi connectivity index (χ2n) is 2.73. The van der Waals surface area contributed by atoms with Crippen LogP contribution in [0.5, 0.6) is 0 Å². The van der Waals surface area contributed by atoms with Crippen molar-refractivity contribution in [3.05, 3.63) is 46.5 Å². The molecule has 0 saturated heterocycles. The van der Waals surface area contributed by atoms with Gasteiger partial charge in [0.1, 0.15) is 6.10 Å². The van der Waals surface area contributed by atoms with Gasteiger partial charge in [0.15, 0.2) is 0 Å². The van der Waals surface area contributed by atoms with Crippen LogP contribution in [-0.4, -0.2) is 6.61 Å². The Morgan fingerprint density at radius 3 is 2.58 bits per heavy atom. The summed E-state index contributed by atoms with van der Waals surface area (Å²) in [7, 11) is 0. The molecule has 0 bridgehead atoms. The number of ether oxygens (including phenoxy) is 1. The van der Waals surface area contributed by atoms with Gasteiger partial charge in [-0.2, -0.15) is 0 Å². The van der Waals surface area contributed by atoms with Crippen LogP contribution in [0.15, 0.2) is 40.9 Å². The molecule has 1 aromatic rings. The summed E-state index contributed by atoms with van der Waals surface area (Å²) < 4.78 is 6.56. The van der Waals surface area contributed by atoms with Crippen LogP contribution in [-0.2, 0) is 4.74 Å². The molecule has 2 heteroatoms. The fraction of sp³-hybridized carbons (Fsp3) is 0.200. The van der Waals surface area contributed by atoms with Crippen LogP contribution in [0.25, 0.3) is 0 Å². The minimum absolute atomic E-state index is 0.165. The summed E-state index contributed by atoms with van der Waals surface area (Å²) in [6.07, 6.45) is 4.30. The highest BCUT2D eigenvalue weighted by Gasteiger charge is 2.10. The van der Waals surface area contributed by atoms with Crippen LogP contribution in [0, 0.1) is 0 Å². The van der Waals surface area contributed by atoms with Crippen molar-refractivity contribution in [2.24, 2.45) is 0 Å². The van der Waals surface area contributed by atoms with Gasteiger partial charge in [0, 0.05) is 4.47 Å². The monoisotopic (exact) mass is 224 g/mol. The maximum Gasteiger partial charge on any atom is 0.101 e. The third-order valence-electron chi connectivity index (χ3n) is 1.88. The van der Waals surface area contributed by atoms with E-state index < -0.39 is 0 Å². The molecule has 1 nitrogen and oxygen atoms in total. The van der Waals surface area contributed by atoms with Gasteiger partial charge in [-0.05, 0) is 17.7 Å². The third kappa shape index (κ3) is 1.59. The van der Waals surface area contributed by atoms with Gasteiger partial charge in [-0.3, -0.25) is 0 Å². The summed E-state index contributed by atoms with van der Waals surface area (Å²) in [5.41, 5.74) is 1.21. The Balaban J connectivity index is 2.23. The Hall–Kier alpha value is -0.600. The molecule has 62 valence electrons. The fourth-order valence-corrected chi connectivity index (χ4v) is 1.52. The van der Waals surface area contributed by atoms with Crippen molar-refractivity contribution in [2.45, 2.75) is 6.10 Å². The third-order valence-corrected chi connectivity index (χ3v) is 2.41. The number of halogens is 1. The van der Waals surface area contributed by atoms with Gasteiger partial charge >= 0.3 is 0 Å². The van der Waals surface area contributed by atoms with E-state index in [-0.39, 0.29) is 6.10 Å². The van der Waals surface area contributed by atoms with Crippen molar-refractivity contribution in [3.63, 3.8) is 0 Å². The second-order valence-corrected chi connectivity index (χ2v) is 3.65. The van der Waals surface area contributed by atoms with Gasteiger partial charge in [0.2, 0.25) is 0 Å². The van der Waals surface area contributed by atoms with Crippen molar-refractivity contribution >= 4 is 15.9 Å². The first-order valence-electron chi connectivity index (χ1n) is 3.90. The van der Waals surface area contributed by atoms with Crippen LogP contribution >= 0.6 is 15.9 Å². The van der Waals surface area contributed by atoms with E-state index in [1.165, 1.54) is 5.56 Å². The van der Waals surface area contributed by atoms with Gasteiger partial charge in [-0.15, -0.1) is 0 Å². The van der Waals surface area contributed by atoms with E-state index in [2.05, 4.69) is 34.1 Å². The van der Waals surface area contributed by atoms with E-state index in [4.69, 9.17) is 4.74 Å². The average Bonchev–Trinajstić information content (AvgIpc) is 2.58. The number of benzene rings is 1. The number of rotatable bonds is 1. The molecule has 0 fully saturated rings. The first-order valence-corrected chi connectivity index (χ1v) is 4.69. The first-order chi connectivity index (χ1) is 5.86. The van der Waals surface area contributed by atoms with Crippen LogP contribution in [0.4, 0.5) is 0 Å². The van der Waals surface area contributed by atoms with E-state index >= 15 is 0 Å². The highest BCUT2D eigenvalue weighted by molar-refractivity contribution is 9.10. The zero-order valence-corrected chi connectivity index (χ0v) is 8.12. The fourth-order valence-electron chi connectivity index (χ4n) is 1.25. The SMILES string of the molecule is Brc1ccc(C2C=CCO2)cc1. The quantitative estimate of drug-likeness (QED) is 0.667. The molecule has 1 unspecified atom stereocenters. The Morgan fingerprint density at radius 1 is 1.25 bits per heavy atom. The van der Waals surface area contributed by atoms with Crippen LogP contribution in [0.2, 0.25) is 0 Å². The smallest absolute Gasteiger partial charge is 0.101 e. The maximum absolute atomic E-state index is 5.45. The summed E-state index contributed by atoms with van der Waals surface area (Å²) in [6.45, 7) is 0.737. The van der Waals surface area contributed by atoms with Crippen LogP contribution < -0.4 is 0 Å². The molecule has 0 radical (unpaired) electrons. The number of hydrogen-bond donors (Lipinski definition) is 0. The molecular formula is C10H9BrO. The average molecular weight is 225 g/mol. The topological polar surface area (TPSA) is 9.23 Å². The summed E-state index contributed by atoms with van der Waals surface area (Å²) in [5, 5.41) is 0. The van der Waals surface area contributed by atoms with Crippen LogP contribution in [0.1, 0.15) is 11.7 Å². The van der Waals surface area contributed by atoms with E-state index in [9.17, 15) is 0 Å². The summed E-state index contributed by atoms with van der Waals surface area (Å²) >= 11 is 3.40. The van der Waals surface area contributed by atoms with E-state index in [1.807, 2.05) is 18.2 Å². The molecule has 0 aliphatic carbocycles. The van der Waals surface area contributed by atoms with Gasteiger partial charge in [-0.25, -0.2) is 0 Å². The second kappa shape index (κ2) is 3.42. The minimum atomic E-state index is 0.165. The summed E-state index contributed by atoms with van der Waals surface area (Å²) in [6, 6.07) is 8.21. The first kappa shape index (κ1) is 8.02. The van der Waals surface area contributed by atoms with Gasteiger partial charge in [-0.1, -0.05) is 40.2 Å². The Bertz CT molecular complexity index is 289. The predicted molar refractivity (Wildman–Crippen MR) is 52.0 cm³/mol. The normalized spacial score (nSPS) is 21.6. The molecule has 0 aromatic heterocycles. The van der Waals surface area contributed by atoms with Crippen molar-refractivity contribution < 1.29 is 4.74 Å². The van der Waals surface area contributed by atoms with E-state index in [0.717, 1.165) is 11.1 Å². The maximum atomic E-state index is 5.45. The van der Waals surface area contributed by atoms with Crippen molar-refractivity contribution in [2.75, 3.05) is 6.61 Å². The predicted octanol–water partition coefficient (Wildman–Crippen LogP) is 3.08. The zero-order chi connectivity index (χ0) is 8.39. The van der Waals surface area contributed by atoms with E-state index in [1.54, 1.807) is 0 Å².